The zero-order valence-corrected chi connectivity index (χ0v) is 11.3. The van der Waals surface area contributed by atoms with Crippen LogP contribution in [-0.4, -0.2) is 34.8 Å². The molecule has 4 nitrogen and oxygen atoms in total. The van der Waals surface area contributed by atoms with Gasteiger partial charge in [0.25, 0.3) is 11.8 Å². The second-order valence-corrected chi connectivity index (χ2v) is 5.41. The van der Waals surface area contributed by atoms with E-state index in [1.54, 1.807) is 36.0 Å². The molecule has 0 atom stereocenters. The van der Waals surface area contributed by atoms with Gasteiger partial charge in [-0.1, -0.05) is 12.1 Å². The van der Waals surface area contributed by atoms with Gasteiger partial charge in [0, 0.05) is 18.7 Å². The Morgan fingerprint density at radius 2 is 1.74 bits per heavy atom. The van der Waals surface area contributed by atoms with Crippen LogP contribution in [0.15, 0.2) is 24.3 Å². The van der Waals surface area contributed by atoms with Crippen molar-refractivity contribution >= 4 is 23.6 Å². The van der Waals surface area contributed by atoms with Crippen molar-refractivity contribution in [3.05, 3.63) is 35.4 Å². The van der Waals surface area contributed by atoms with Gasteiger partial charge in [-0.25, -0.2) is 0 Å². The smallest absolute Gasteiger partial charge is 0.261 e. The average molecular weight is 274 g/mol. The molecule has 0 aromatic heterocycles. The molecular weight excluding hydrogens is 260 g/mol. The lowest BCUT2D eigenvalue weighted by Gasteiger charge is -2.13. The van der Waals surface area contributed by atoms with E-state index in [1.165, 1.54) is 4.90 Å². The molecule has 0 spiro atoms. The molecule has 19 heavy (non-hydrogen) atoms. The van der Waals surface area contributed by atoms with Gasteiger partial charge in [0.15, 0.2) is 0 Å². The highest BCUT2D eigenvalue weighted by Gasteiger charge is 2.34. The Bertz CT molecular complexity index is 501. The summed E-state index contributed by atoms with van der Waals surface area (Å²) in [6.07, 6.45) is 1.30. The van der Waals surface area contributed by atoms with Gasteiger partial charge in [0.2, 0.25) is 0 Å². The summed E-state index contributed by atoms with van der Waals surface area (Å²) in [5, 5.41) is 8.40. The van der Waals surface area contributed by atoms with Crippen LogP contribution < -0.4 is 0 Å². The Kier molecular flexibility index (Phi) is 4.58. The standard InChI is InChI=1S/C14H14N2O2S/c15-7-3-9-19-10-4-8-16-13(17)11-5-1-2-6-12(11)14(16)18/h1-2,5-6H,3-4,8-10H2. The summed E-state index contributed by atoms with van der Waals surface area (Å²) in [6, 6.07) is 9.01. The summed E-state index contributed by atoms with van der Waals surface area (Å²) in [7, 11) is 0. The molecule has 0 radical (unpaired) electrons. The minimum atomic E-state index is -0.192. The quantitative estimate of drug-likeness (QED) is 0.590. The number of imide groups is 1. The number of benzene rings is 1. The number of thioether (sulfide) groups is 1. The molecule has 1 heterocycles. The maximum atomic E-state index is 12.0. The van der Waals surface area contributed by atoms with Crippen molar-refractivity contribution in [2.24, 2.45) is 0 Å². The van der Waals surface area contributed by atoms with Gasteiger partial charge in [-0.05, 0) is 24.3 Å². The number of fused-ring (bicyclic) bond motifs is 1. The highest BCUT2D eigenvalue weighted by Crippen LogP contribution is 2.22. The molecule has 1 aromatic rings. The monoisotopic (exact) mass is 274 g/mol. The number of hydrogen-bond acceptors (Lipinski definition) is 4. The van der Waals surface area contributed by atoms with Crippen LogP contribution in [-0.2, 0) is 0 Å². The summed E-state index contributed by atoms with van der Waals surface area (Å²) in [5.41, 5.74) is 1.01. The third-order valence-corrected chi connectivity index (χ3v) is 3.98. The van der Waals surface area contributed by atoms with Crippen LogP contribution in [0, 0.1) is 11.3 Å². The van der Waals surface area contributed by atoms with Gasteiger partial charge >= 0.3 is 0 Å². The van der Waals surface area contributed by atoms with E-state index in [-0.39, 0.29) is 11.8 Å². The predicted molar refractivity (Wildman–Crippen MR) is 74.0 cm³/mol. The lowest BCUT2D eigenvalue weighted by Crippen LogP contribution is -2.31. The fourth-order valence-electron chi connectivity index (χ4n) is 1.99. The SMILES string of the molecule is N#CCCSCCCN1C(=O)c2ccccc2C1=O. The Labute approximate surface area is 116 Å². The molecule has 1 aliphatic rings. The van der Waals surface area contributed by atoms with Crippen LogP contribution >= 0.6 is 11.8 Å². The molecular formula is C14H14N2O2S. The number of nitriles is 1. The molecule has 5 heteroatoms. The fraction of sp³-hybridized carbons (Fsp3) is 0.357. The van der Waals surface area contributed by atoms with Gasteiger partial charge in [0.1, 0.15) is 0 Å². The summed E-state index contributed by atoms with van der Waals surface area (Å²) in [5.74, 6) is 1.28. The average Bonchev–Trinajstić information content (AvgIpc) is 2.68. The van der Waals surface area contributed by atoms with E-state index < -0.39 is 0 Å². The lowest BCUT2D eigenvalue weighted by atomic mass is 10.1. The van der Waals surface area contributed by atoms with Crippen molar-refractivity contribution in [3.8, 4) is 6.07 Å². The molecule has 2 rings (SSSR count). The third-order valence-electron chi connectivity index (χ3n) is 2.91. The summed E-state index contributed by atoms with van der Waals surface area (Å²) in [6.45, 7) is 0.450. The second kappa shape index (κ2) is 6.39. The van der Waals surface area contributed by atoms with Gasteiger partial charge < -0.3 is 0 Å². The van der Waals surface area contributed by atoms with E-state index in [0.29, 0.717) is 24.1 Å². The lowest BCUT2D eigenvalue weighted by molar-refractivity contribution is 0.0655. The highest BCUT2D eigenvalue weighted by atomic mass is 32.2. The van der Waals surface area contributed by atoms with E-state index >= 15 is 0 Å². The van der Waals surface area contributed by atoms with Crippen molar-refractivity contribution in [1.82, 2.24) is 4.90 Å². The van der Waals surface area contributed by atoms with Crippen molar-refractivity contribution in [3.63, 3.8) is 0 Å². The van der Waals surface area contributed by atoms with Crippen LogP contribution in [0.3, 0.4) is 0 Å². The minimum Gasteiger partial charge on any atom is -0.274 e. The van der Waals surface area contributed by atoms with Crippen LogP contribution in [0.25, 0.3) is 0 Å². The highest BCUT2D eigenvalue weighted by molar-refractivity contribution is 7.99. The Morgan fingerprint density at radius 1 is 1.11 bits per heavy atom. The first-order valence-electron chi connectivity index (χ1n) is 6.15. The second-order valence-electron chi connectivity index (χ2n) is 4.18. The van der Waals surface area contributed by atoms with E-state index in [0.717, 1.165) is 17.9 Å². The first-order chi connectivity index (χ1) is 9.25. The van der Waals surface area contributed by atoms with Crippen LogP contribution in [0.1, 0.15) is 33.6 Å². The number of hydrogen-bond donors (Lipinski definition) is 0. The van der Waals surface area contributed by atoms with Crippen molar-refractivity contribution in [2.75, 3.05) is 18.1 Å². The topological polar surface area (TPSA) is 61.2 Å². The van der Waals surface area contributed by atoms with Crippen molar-refractivity contribution < 1.29 is 9.59 Å². The van der Waals surface area contributed by atoms with E-state index in [9.17, 15) is 9.59 Å². The molecule has 0 unspecified atom stereocenters. The van der Waals surface area contributed by atoms with Crippen LogP contribution in [0.5, 0.6) is 0 Å². The van der Waals surface area contributed by atoms with Crippen molar-refractivity contribution in [2.45, 2.75) is 12.8 Å². The summed E-state index contributed by atoms with van der Waals surface area (Å²) >= 11 is 1.68. The number of rotatable bonds is 6. The van der Waals surface area contributed by atoms with Gasteiger partial charge in [0.05, 0.1) is 17.2 Å². The molecule has 0 N–H and O–H groups in total. The minimum absolute atomic E-state index is 0.192. The van der Waals surface area contributed by atoms with E-state index in [1.807, 2.05) is 0 Å². The maximum Gasteiger partial charge on any atom is 0.261 e. The van der Waals surface area contributed by atoms with Crippen molar-refractivity contribution in [1.29, 1.82) is 5.26 Å². The zero-order chi connectivity index (χ0) is 13.7. The molecule has 1 aromatic carbocycles. The normalized spacial score (nSPS) is 13.5. The Balaban J connectivity index is 1.85. The van der Waals surface area contributed by atoms with Crippen LogP contribution in [0.4, 0.5) is 0 Å². The summed E-state index contributed by atoms with van der Waals surface area (Å²) < 4.78 is 0. The number of amides is 2. The maximum absolute atomic E-state index is 12.0. The number of nitrogens with zero attached hydrogens (tertiary/aromatic N) is 2. The summed E-state index contributed by atoms with van der Waals surface area (Å²) in [4.78, 5) is 25.4. The Hall–Kier alpha value is -1.80. The molecule has 0 bridgehead atoms. The molecule has 0 saturated carbocycles. The largest absolute Gasteiger partial charge is 0.274 e. The number of carbonyl (C=O) groups is 2. The Morgan fingerprint density at radius 3 is 2.32 bits per heavy atom. The first-order valence-corrected chi connectivity index (χ1v) is 7.31. The van der Waals surface area contributed by atoms with E-state index in [2.05, 4.69) is 6.07 Å². The third kappa shape index (κ3) is 2.96. The molecule has 98 valence electrons. The first kappa shape index (κ1) is 13.6. The van der Waals surface area contributed by atoms with Gasteiger partial charge in [-0.2, -0.15) is 17.0 Å². The molecule has 2 amide bonds. The predicted octanol–water partition coefficient (Wildman–Crippen LogP) is 2.32. The fourth-order valence-corrected chi connectivity index (χ4v) is 2.76. The zero-order valence-electron chi connectivity index (χ0n) is 10.5. The molecule has 1 aliphatic heterocycles. The molecule has 0 fully saturated rings. The van der Waals surface area contributed by atoms with Gasteiger partial charge in [-0.15, -0.1) is 0 Å². The van der Waals surface area contributed by atoms with E-state index in [4.69, 9.17) is 5.26 Å². The molecule has 0 aliphatic carbocycles. The van der Waals surface area contributed by atoms with Crippen LogP contribution in [0.2, 0.25) is 0 Å². The molecule has 0 saturated heterocycles. The number of carbonyl (C=O) groups excluding carboxylic acids is 2. The van der Waals surface area contributed by atoms with Gasteiger partial charge in [-0.3, -0.25) is 14.5 Å².